The molecule has 96 valence electrons. The first-order valence-corrected chi connectivity index (χ1v) is 5.70. The first kappa shape index (κ1) is 14.1. The number of rotatable bonds is 4. The number of nitrogens with zero attached hydrogens (tertiary/aromatic N) is 1. The van der Waals surface area contributed by atoms with Crippen molar-refractivity contribution in [3.63, 3.8) is 0 Å². The van der Waals surface area contributed by atoms with E-state index in [9.17, 15) is 9.18 Å². The van der Waals surface area contributed by atoms with Crippen molar-refractivity contribution in [2.24, 2.45) is 11.7 Å². The Morgan fingerprint density at radius 1 is 1.56 bits per heavy atom. The van der Waals surface area contributed by atoms with Crippen LogP contribution in [0.4, 0.5) is 10.1 Å². The number of nitriles is 1. The maximum absolute atomic E-state index is 13.5. The highest BCUT2D eigenvalue weighted by atomic mass is 19.1. The third kappa shape index (κ3) is 3.82. The van der Waals surface area contributed by atoms with Gasteiger partial charge in [-0.3, -0.25) is 4.79 Å². The quantitative estimate of drug-likeness (QED) is 0.856. The van der Waals surface area contributed by atoms with Crippen LogP contribution in [0.3, 0.4) is 0 Å². The molecule has 0 aliphatic rings. The Morgan fingerprint density at radius 3 is 2.72 bits per heavy atom. The van der Waals surface area contributed by atoms with Gasteiger partial charge in [-0.25, -0.2) is 4.39 Å². The Morgan fingerprint density at radius 2 is 2.22 bits per heavy atom. The van der Waals surface area contributed by atoms with E-state index in [1.54, 1.807) is 0 Å². The summed E-state index contributed by atoms with van der Waals surface area (Å²) in [6.45, 7) is 3.91. The molecule has 0 bridgehead atoms. The lowest BCUT2D eigenvalue weighted by molar-refractivity contribution is -0.117. The fraction of sp³-hybridized carbons (Fsp3) is 0.385. The van der Waals surface area contributed by atoms with Gasteiger partial charge in [0.2, 0.25) is 5.91 Å². The molecule has 0 aliphatic heterocycles. The molecule has 4 nitrogen and oxygen atoms in total. The van der Waals surface area contributed by atoms with Crippen LogP contribution < -0.4 is 11.1 Å². The number of halogens is 1. The van der Waals surface area contributed by atoms with Crippen LogP contribution in [0, 0.1) is 23.1 Å². The Balaban J connectivity index is 2.73. The van der Waals surface area contributed by atoms with E-state index in [1.807, 2.05) is 19.9 Å². The number of carbonyl (C=O) groups excluding carboxylic acids is 1. The summed E-state index contributed by atoms with van der Waals surface area (Å²) < 4.78 is 13.5. The largest absolute Gasteiger partial charge is 0.322 e. The van der Waals surface area contributed by atoms with Gasteiger partial charge >= 0.3 is 0 Å². The summed E-state index contributed by atoms with van der Waals surface area (Å²) in [5.41, 5.74) is 5.93. The van der Waals surface area contributed by atoms with Crippen LogP contribution in [0.25, 0.3) is 0 Å². The lowest BCUT2D eigenvalue weighted by Gasteiger charge is -2.14. The minimum absolute atomic E-state index is 0.0400. The summed E-state index contributed by atoms with van der Waals surface area (Å²) in [7, 11) is 0. The minimum Gasteiger partial charge on any atom is -0.322 e. The molecule has 0 heterocycles. The summed E-state index contributed by atoms with van der Waals surface area (Å²) in [4.78, 5) is 11.7. The number of nitrogens with two attached hydrogens (primary N) is 1. The van der Waals surface area contributed by atoms with Crippen LogP contribution in [0.1, 0.15) is 25.8 Å². The van der Waals surface area contributed by atoms with Crippen molar-refractivity contribution in [1.29, 1.82) is 5.26 Å². The topological polar surface area (TPSA) is 78.9 Å². The van der Waals surface area contributed by atoms with E-state index in [2.05, 4.69) is 5.32 Å². The van der Waals surface area contributed by atoms with E-state index in [1.165, 1.54) is 12.1 Å². The highest BCUT2D eigenvalue weighted by Crippen LogP contribution is 2.16. The van der Waals surface area contributed by atoms with Crippen molar-refractivity contribution in [2.75, 3.05) is 5.32 Å². The third-order valence-corrected chi connectivity index (χ3v) is 2.42. The number of hydrogen-bond acceptors (Lipinski definition) is 3. The van der Waals surface area contributed by atoms with E-state index in [4.69, 9.17) is 11.0 Å². The standard InChI is InChI=1S/C13H16FN3O/c1-8(2)5-11(16)13(18)17-12-4-3-9(7-15)6-10(12)14/h3-4,6,8,11H,5,16H2,1-2H3,(H,17,18)/t11-/m0/s1. The van der Waals surface area contributed by atoms with Gasteiger partial charge in [0, 0.05) is 0 Å². The van der Waals surface area contributed by atoms with E-state index >= 15 is 0 Å². The molecule has 0 radical (unpaired) electrons. The monoisotopic (exact) mass is 249 g/mol. The molecule has 0 unspecified atom stereocenters. The van der Waals surface area contributed by atoms with Crippen LogP contribution >= 0.6 is 0 Å². The Bertz CT molecular complexity index is 480. The first-order chi connectivity index (χ1) is 8.43. The second-order valence-electron chi connectivity index (χ2n) is 4.53. The van der Waals surface area contributed by atoms with Gasteiger partial charge < -0.3 is 11.1 Å². The van der Waals surface area contributed by atoms with Gasteiger partial charge in [0.25, 0.3) is 0 Å². The minimum atomic E-state index is -0.667. The third-order valence-electron chi connectivity index (χ3n) is 2.42. The second-order valence-corrected chi connectivity index (χ2v) is 4.53. The maximum atomic E-state index is 13.5. The number of carbonyl (C=O) groups is 1. The molecule has 0 spiro atoms. The Labute approximate surface area is 106 Å². The van der Waals surface area contributed by atoms with Crippen molar-refractivity contribution < 1.29 is 9.18 Å². The van der Waals surface area contributed by atoms with E-state index in [-0.39, 0.29) is 17.2 Å². The number of benzene rings is 1. The number of hydrogen-bond donors (Lipinski definition) is 2. The fourth-order valence-corrected chi connectivity index (χ4v) is 1.53. The van der Waals surface area contributed by atoms with Crippen molar-refractivity contribution in [1.82, 2.24) is 0 Å². The normalized spacial score (nSPS) is 12.0. The lowest BCUT2D eigenvalue weighted by atomic mass is 10.0. The molecule has 3 N–H and O–H groups in total. The molecule has 5 heteroatoms. The smallest absolute Gasteiger partial charge is 0.241 e. The van der Waals surface area contributed by atoms with Gasteiger partial charge in [0.05, 0.1) is 23.4 Å². The lowest BCUT2D eigenvalue weighted by Crippen LogP contribution is -2.36. The zero-order valence-corrected chi connectivity index (χ0v) is 10.4. The summed E-state index contributed by atoms with van der Waals surface area (Å²) >= 11 is 0. The zero-order chi connectivity index (χ0) is 13.7. The molecule has 0 saturated heterocycles. The molecule has 0 saturated carbocycles. The van der Waals surface area contributed by atoms with Crippen LogP contribution in [0.5, 0.6) is 0 Å². The van der Waals surface area contributed by atoms with Gasteiger partial charge in [-0.05, 0) is 30.5 Å². The van der Waals surface area contributed by atoms with Crippen molar-refractivity contribution in [3.05, 3.63) is 29.6 Å². The molecule has 1 rings (SSSR count). The highest BCUT2D eigenvalue weighted by molar-refractivity contribution is 5.94. The highest BCUT2D eigenvalue weighted by Gasteiger charge is 2.16. The van der Waals surface area contributed by atoms with Gasteiger partial charge in [-0.1, -0.05) is 13.8 Å². The summed E-state index contributed by atoms with van der Waals surface area (Å²) in [5, 5.41) is 11.0. The molecule has 0 aromatic heterocycles. The Kier molecular flexibility index (Phi) is 4.81. The van der Waals surface area contributed by atoms with Gasteiger partial charge in [-0.2, -0.15) is 5.26 Å². The number of anilines is 1. The maximum Gasteiger partial charge on any atom is 0.241 e. The van der Waals surface area contributed by atoms with Crippen LogP contribution in [-0.4, -0.2) is 11.9 Å². The SMILES string of the molecule is CC(C)C[C@H](N)C(=O)Nc1ccc(C#N)cc1F. The molecule has 1 atom stereocenters. The average molecular weight is 249 g/mol. The van der Waals surface area contributed by atoms with Crippen molar-refractivity contribution in [2.45, 2.75) is 26.3 Å². The van der Waals surface area contributed by atoms with E-state index < -0.39 is 17.8 Å². The summed E-state index contributed by atoms with van der Waals surface area (Å²) in [6.07, 6.45) is 0.531. The second kappa shape index (κ2) is 6.12. The Hall–Kier alpha value is -1.93. The average Bonchev–Trinajstić information content (AvgIpc) is 2.30. The first-order valence-electron chi connectivity index (χ1n) is 5.70. The molecule has 0 aliphatic carbocycles. The van der Waals surface area contributed by atoms with E-state index in [0.29, 0.717) is 6.42 Å². The molecule has 1 aromatic carbocycles. The predicted molar refractivity (Wildman–Crippen MR) is 67.2 cm³/mol. The van der Waals surface area contributed by atoms with Gasteiger partial charge in [-0.15, -0.1) is 0 Å². The molecule has 1 amide bonds. The predicted octanol–water partition coefficient (Wildman–Crippen LogP) is 2.01. The number of amides is 1. The van der Waals surface area contributed by atoms with E-state index in [0.717, 1.165) is 6.07 Å². The van der Waals surface area contributed by atoms with Crippen molar-refractivity contribution in [3.8, 4) is 6.07 Å². The van der Waals surface area contributed by atoms with Crippen molar-refractivity contribution >= 4 is 11.6 Å². The zero-order valence-electron chi connectivity index (χ0n) is 10.4. The molecule has 18 heavy (non-hydrogen) atoms. The molecule has 1 aromatic rings. The van der Waals surface area contributed by atoms with Crippen LogP contribution in [0.15, 0.2) is 18.2 Å². The molecular weight excluding hydrogens is 233 g/mol. The molecular formula is C13H16FN3O. The summed E-state index contributed by atoms with van der Waals surface area (Å²) in [6, 6.07) is 5.02. The fourth-order valence-electron chi connectivity index (χ4n) is 1.53. The summed E-state index contributed by atoms with van der Waals surface area (Å²) in [5.74, 6) is -0.775. The van der Waals surface area contributed by atoms with Crippen LogP contribution in [0.2, 0.25) is 0 Å². The molecule has 0 fully saturated rings. The van der Waals surface area contributed by atoms with Crippen LogP contribution in [-0.2, 0) is 4.79 Å². The number of nitrogens with one attached hydrogen (secondary N) is 1. The van der Waals surface area contributed by atoms with Gasteiger partial charge in [0.1, 0.15) is 5.82 Å². The van der Waals surface area contributed by atoms with Gasteiger partial charge in [0.15, 0.2) is 0 Å².